The monoisotopic (exact) mass is 390 g/mol. The number of nitrogens with zero attached hydrogens (tertiary/aromatic N) is 3. The summed E-state index contributed by atoms with van der Waals surface area (Å²) in [5, 5.41) is 6.10. The zero-order valence-corrected chi connectivity index (χ0v) is 17.0. The molecule has 0 bridgehead atoms. The molecule has 1 aliphatic heterocycles. The lowest BCUT2D eigenvalue weighted by Gasteiger charge is -2.32. The van der Waals surface area contributed by atoms with Crippen LogP contribution in [-0.2, 0) is 17.1 Å². The van der Waals surface area contributed by atoms with Gasteiger partial charge < -0.3 is 10.2 Å². The van der Waals surface area contributed by atoms with Crippen molar-refractivity contribution in [2.75, 3.05) is 44.3 Å². The standard InChI is InChI=1S/C19H26N4OS2/c1-15-20-18(13-26-15)12-25-14-19(24)21-17-5-3-16(4-6-17)11-23-9-7-22(2)8-10-23/h3-6,13H,7-12,14H2,1-2H3,(H,21,24). The second kappa shape index (κ2) is 9.50. The van der Waals surface area contributed by atoms with Crippen LogP contribution in [0, 0.1) is 6.92 Å². The molecule has 7 heteroatoms. The number of anilines is 1. The van der Waals surface area contributed by atoms with Crippen molar-refractivity contribution in [2.24, 2.45) is 0 Å². The van der Waals surface area contributed by atoms with Crippen LogP contribution in [0.25, 0.3) is 0 Å². The molecule has 0 spiro atoms. The number of rotatable bonds is 7. The van der Waals surface area contributed by atoms with Gasteiger partial charge in [-0.3, -0.25) is 9.69 Å². The molecule has 3 rings (SSSR count). The van der Waals surface area contributed by atoms with Gasteiger partial charge in [0.05, 0.1) is 16.5 Å². The van der Waals surface area contributed by atoms with Gasteiger partial charge in [-0.25, -0.2) is 4.98 Å². The molecular formula is C19H26N4OS2. The summed E-state index contributed by atoms with van der Waals surface area (Å²) >= 11 is 3.24. The normalized spacial score (nSPS) is 15.9. The number of thioether (sulfide) groups is 1. The zero-order valence-electron chi connectivity index (χ0n) is 15.4. The van der Waals surface area contributed by atoms with Crippen molar-refractivity contribution in [1.29, 1.82) is 0 Å². The fourth-order valence-corrected chi connectivity index (χ4v) is 4.31. The lowest BCUT2D eigenvalue weighted by molar-refractivity contribution is -0.113. The van der Waals surface area contributed by atoms with Gasteiger partial charge in [-0.1, -0.05) is 12.1 Å². The number of likely N-dealkylation sites (N-methyl/N-ethyl adjacent to an activating group) is 1. The van der Waals surface area contributed by atoms with Gasteiger partial charge in [-0.15, -0.1) is 23.1 Å². The Morgan fingerprint density at radius 3 is 2.62 bits per heavy atom. The quantitative estimate of drug-likeness (QED) is 0.787. The fraction of sp³-hybridized carbons (Fsp3) is 0.474. The summed E-state index contributed by atoms with van der Waals surface area (Å²) < 4.78 is 0. The largest absolute Gasteiger partial charge is 0.325 e. The molecule has 2 heterocycles. The molecule has 1 fully saturated rings. The number of hydrogen-bond donors (Lipinski definition) is 1. The molecule has 0 atom stereocenters. The average molecular weight is 391 g/mol. The van der Waals surface area contributed by atoms with Crippen molar-refractivity contribution in [2.45, 2.75) is 19.2 Å². The molecule has 0 aliphatic carbocycles. The molecule has 26 heavy (non-hydrogen) atoms. The number of nitrogens with one attached hydrogen (secondary N) is 1. The minimum atomic E-state index is 0.0359. The average Bonchev–Trinajstić information content (AvgIpc) is 3.04. The maximum absolute atomic E-state index is 12.1. The van der Waals surface area contributed by atoms with E-state index in [9.17, 15) is 4.79 Å². The highest BCUT2D eigenvalue weighted by molar-refractivity contribution is 7.99. The van der Waals surface area contributed by atoms with Crippen LogP contribution in [-0.4, -0.2) is 59.7 Å². The molecule has 1 saturated heterocycles. The Kier molecular flexibility index (Phi) is 7.07. The Hall–Kier alpha value is -1.41. The molecular weight excluding hydrogens is 364 g/mol. The third-order valence-electron chi connectivity index (χ3n) is 4.39. The smallest absolute Gasteiger partial charge is 0.234 e. The van der Waals surface area contributed by atoms with E-state index in [-0.39, 0.29) is 5.91 Å². The predicted octanol–water partition coefficient (Wildman–Crippen LogP) is 3.07. The Bertz CT molecular complexity index is 709. The topological polar surface area (TPSA) is 48.5 Å². The molecule has 1 aromatic heterocycles. The first-order chi connectivity index (χ1) is 12.6. The van der Waals surface area contributed by atoms with Crippen LogP contribution >= 0.6 is 23.1 Å². The molecule has 1 N–H and O–H groups in total. The third-order valence-corrected chi connectivity index (χ3v) is 6.18. The van der Waals surface area contributed by atoms with Gasteiger partial charge in [0.1, 0.15) is 0 Å². The number of carbonyl (C=O) groups is 1. The van der Waals surface area contributed by atoms with Gasteiger partial charge in [-0.05, 0) is 31.7 Å². The van der Waals surface area contributed by atoms with Gasteiger partial charge in [0, 0.05) is 49.5 Å². The Morgan fingerprint density at radius 1 is 1.23 bits per heavy atom. The van der Waals surface area contributed by atoms with E-state index in [0.29, 0.717) is 5.75 Å². The van der Waals surface area contributed by atoms with E-state index in [1.807, 2.05) is 19.1 Å². The van der Waals surface area contributed by atoms with Gasteiger partial charge in [-0.2, -0.15) is 0 Å². The number of aromatic nitrogens is 1. The van der Waals surface area contributed by atoms with Crippen molar-refractivity contribution >= 4 is 34.7 Å². The number of carbonyl (C=O) groups excluding carboxylic acids is 1. The minimum Gasteiger partial charge on any atom is -0.325 e. The highest BCUT2D eigenvalue weighted by Crippen LogP contribution is 2.16. The molecule has 140 valence electrons. The van der Waals surface area contributed by atoms with Crippen molar-refractivity contribution in [3.63, 3.8) is 0 Å². The molecule has 0 radical (unpaired) electrons. The SMILES string of the molecule is Cc1nc(CSCC(=O)Nc2ccc(CN3CCN(C)CC3)cc2)cs1. The molecule has 2 aromatic rings. The molecule has 0 saturated carbocycles. The molecule has 1 aromatic carbocycles. The molecule has 0 unspecified atom stereocenters. The number of piperazine rings is 1. The van der Waals surface area contributed by atoms with Crippen LogP contribution in [0.2, 0.25) is 0 Å². The van der Waals surface area contributed by atoms with E-state index in [1.165, 1.54) is 5.56 Å². The van der Waals surface area contributed by atoms with E-state index in [0.717, 1.165) is 54.9 Å². The maximum atomic E-state index is 12.1. The van der Waals surface area contributed by atoms with Crippen molar-refractivity contribution in [3.05, 3.63) is 45.9 Å². The summed E-state index contributed by atoms with van der Waals surface area (Å²) in [5.74, 6) is 1.26. The number of thiazole rings is 1. The summed E-state index contributed by atoms with van der Waals surface area (Å²) in [6, 6.07) is 8.22. The lowest BCUT2D eigenvalue weighted by atomic mass is 10.2. The van der Waals surface area contributed by atoms with E-state index < -0.39 is 0 Å². The summed E-state index contributed by atoms with van der Waals surface area (Å²) in [6.45, 7) is 7.47. The number of amides is 1. The first-order valence-electron chi connectivity index (χ1n) is 8.87. The number of benzene rings is 1. The highest BCUT2D eigenvalue weighted by Gasteiger charge is 2.13. The van der Waals surface area contributed by atoms with E-state index in [2.05, 4.69) is 44.7 Å². The van der Waals surface area contributed by atoms with Crippen LogP contribution in [0.5, 0.6) is 0 Å². The van der Waals surface area contributed by atoms with E-state index in [4.69, 9.17) is 0 Å². The summed E-state index contributed by atoms with van der Waals surface area (Å²) in [7, 11) is 2.17. The van der Waals surface area contributed by atoms with Gasteiger partial charge in [0.15, 0.2) is 0 Å². The Morgan fingerprint density at radius 2 is 1.96 bits per heavy atom. The second-order valence-electron chi connectivity index (χ2n) is 6.68. The highest BCUT2D eigenvalue weighted by atomic mass is 32.2. The van der Waals surface area contributed by atoms with Crippen LogP contribution in [0.1, 0.15) is 16.3 Å². The second-order valence-corrected chi connectivity index (χ2v) is 8.72. The predicted molar refractivity (Wildman–Crippen MR) is 111 cm³/mol. The lowest BCUT2D eigenvalue weighted by Crippen LogP contribution is -2.43. The minimum absolute atomic E-state index is 0.0359. The summed E-state index contributed by atoms with van der Waals surface area (Å²) in [6.07, 6.45) is 0. The Balaban J connectivity index is 1.39. The number of aryl methyl sites for hydroxylation is 1. The summed E-state index contributed by atoms with van der Waals surface area (Å²) in [4.78, 5) is 21.3. The van der Waals surface area contributed by atoms with E-state index in [1.54, 1.807) is 23.1 Å². The molecule has 1 aliphatic rings. The van der Waals surface area contributed by atoms with Crippen LogP contribution in [0.3, 0.4) is 0 Å². The van der Waals surface area contributed by atoms with Gasteiger partial charge in [0.2, 0.25) is 5.91 Å². The molecule has 1 amide bonds. The van der Waals surface area contributed by atoms with Gasteiger partial charge in [0.25, 0.3) is 0 Å². The number of hydrogen-bond acceptors (Lipinski definition) is 6. The maximum Gasteiger partial charge on any atom is 0.234 e. The van der Waals surface area contributed by atoms with Crippen LogP contribution in [0.15, 0.2) is 29.6 Å². The van der Waals surface area contributed by atoms with Crippen LogP contribution in [0.4, 0.5) is 5.69 Å². The third kappa shape index (κ3) is 6.09. The van der Waals surface area contributed by atoms with Crippen molar-refractivity contribution < 1.29 is 4.79 Å². The summed E-state index contributed by atoms with van der Waals surface area (Å²) in [5.41, 5.74) is 3.21. The van der Waals surface area contributed by atoms with E-state index >= 15 is 0 Å². The van der Waals surface area contributed by atoms with Gasteiger partial charge >= 0.3 is 0 Å². The van der Waals surface area contributed by atoms with Crippen LogP contribution < -0.4 is 5.32 Å². The first kappa shape index (κ1) is 19.4. The van der Waals surface area contributed by atoms with Crippen molar-refractivity contribution in [3.8, 4) is 0 Å². The molecule has 5 nitrogen and oxygen atoms in total. The zero-order chi connectivity index (χ0) is 18.4. The van der Waals surface area contributed by atoms with Crippen molar-refractivity contribution in [1.82, 2.24) is 14.8 Å². The fourth-order valence-electron chi connectivity index (χ4n) is 2.88. The Labute approximate surface area is 163 Å². The first-order valence-corrected chi connectivity index (χ1v) is 10.9.